The van der Waals surface area contributed by atoms with E-state index >= 15 is 0 Å². The van der Waals surface area contributed by atoms with E-state index in [-0.39, 0.29) is 5.75 Å². The van der Waals surface area contributed by atoms with Crippen LogP contribution in [0.25, 0.3) is 5.69 Å². The third-order valence-electron chi connectivity index (χ3n) is 1.82. The minimum absolute atomic E-state index is 0.157. The van der Waals surface area contributed by atoms with Gasteiger partial charge in [-0.2, -0.15) is 4.68 Å². The number of aliphatic carboxylic acids is 1. The van der Waals surface area contributed by atoms with Crippen LogP contribution >= 0.6 is 11.8 Å². The van der Waals surface area contributed by atoms with Crippen LogP contribution in [-0.4, -0.2) is 37.0 Å². The highest BCUT2D eigenvalue weighted by Crippen LogP contribution is 2.18. The lowest BCUT2D eigenvalue weighted by molar-refractivity contribution is -0.133. The maximum absolute atomic E-state index is 13.0. The molecule has 1 aromatic carbocycles. The van der Waals surface area contributed by atoms with Gasteiger partial charge in [0.1, 0.15) is 5.82 Å². The molecule has 0 amide bonds. The molecule has 0 atom stereocenters. The zero-order chi connectivity index (χ0) is 12.3. The second-order valence-corrected chi connectivity index (χ2v) is 3.98. The van der Waals surface area contributed by atoms with Crippen molar-refractivity contribution >= 4 is 17.7 Å². The van der Waals surface area contributed by atoms with Gasteiger partial charge in [0.25, 0.3) is 0 Å². The van der Waals surface area contributed by atoms with Crippen LogP contribution in [0.15, 0.2) is 29.4 Å². The summed E-state index contributed by atoms with van der Waals surface area (Å²) in [6.07, 6.45) is 0. The van der Waals surface area contributed by atoms with Crippen molar-refractivity contribution in [1.82, 2.24) is 20.2 Å². The van der Waals surface area contributed by atoms with Gasteiger partial charge in [0, 0.05) is 0 Å². The number of halogens is 1. The molecule has 1 aromatic heterocycles. The minimum Gasteiger partial charge on any atom is -0.481 e. The third kappa shape index (κ3) is 2.78. The Bertz CT molecular complexity index is 545. The monoisotopic (exact) mass is 254 g/mol. The van der Waals surface area contributed by atoms with E-state index in [1.165, 1.54) is 22.9 Å². The summed E-state index contributed by atoms with van der Waals surface area (Å²) in [4.78, 5) is 10.4. The summed E-state index contributed by atoms with van der Waals surface area (Å²) in [5, 5.41) is 19.6. The minimum atomic E-state index is -0.969. The number of tetrazole rings is 1. The highest BCUT2D eigenvalue weighted by molar-refractivity contribution is 7.99. The van der Waals surface area contributed by atoms with E-state index in [4.69, 9.17) is 5.11 Å². The van der Waals surface area contributed by atoms with Crippen LogP contribution in [0.2, 0.25) is 0 Å². The third-order valence-corrected chi connectivity index (χ3v) is 2.72. The summed E-state index contributed by atoms with van der Waals surface area (Å²) >= 11 is 0.967. The SMILES string of the molecule is O=C(O)CSc1nnnn1-c1cccc(F)c1. The highest BCUT2D eigenvalue weighted by atomic mass is 32.2. The summed E-state index contributed by atoms with van der Waals surface area (Å²) in [6, 6.07) is 5.72. The van der Waals surface area contributed by atoms with Gasteiger partial charge in [0.2, 0.25) is 5.16 Å². The Kier molecular flexibility index (Phi) is 3.33. The van der Waals surface area contributed by atoms with E-state index in [1.807, 2.05) is 0 Å². The number of benzene rings is 1. The van der Waals surface area contributed by atoms with Gasteiger partial charge in [0.15, 0.2) is 0 Å². The summed E-state index contributed by atoms with van der Waals surface area (Å²) < 4.78 is 14.3. The molecule has 0 aliphatic heterocycles. The fourth-order valence-electron chi connectivity index (χ4n) is 1.17. The molecule has 0 aliphatic carbocycles. The van der Waals surface area contributed by atoms with Gasteiger partial charge >= 0.3 is 5.97 Å². The van der Waals surface area contributed by atoms with Crippen molar-refractivity contribution in [3.63, 3.8) is 0 Å². The Balaban J connectivity index is 2.27. The molecule has 1 heterocycles. The van der Waals surface area contributed by atoms with Crippen molar-refractivity contribution in [3.05, 3.63) is 30.1 Å². The second kappa shape index (κ2) is 4.91. The van der Waals surface area contributed by atoms with Gasteiger partial charge in [-0.25, -0.2) is 4.39 Å². The van der Waals surface area contributed by atoms with Gasteiger partial charge < -0.3 is 5.11 Å². The Hall–Kier alpha value is -1.96. The number of carbonyl (C=O) groups is 1. The lowest BCUT2D eigenvalue weighted by Gasteiger charge is -2.02. The summed E-state index contributed by atoms with van der Waals surface area (Å²) in [5.74, 6) is -1.54. The Morgan fingerprint density at radius 3 is 3.06 bits per heavy atom. The molecule has 0 saturated carbocycles. The van der Waals surface area contributed by atoms with E-state index in [0.717, 1.165) is 11.8 Å². The number of thioether (sulfide) groups is 1. The van der Waals surface area contributed by atoms with Crippen LogP contribution in [-0.2, 0) is 4.79 Å². The van der Waals surface area contributed by atoms with Crippen molar-refractivity contribution in [3.8, 4) is 5.69 Å². The average Bonchev–Trinajstić information content (AvgIpc) is 2.74. The molecule has 0 spiro atoms. The van der Waals surface area contributed by atoms with Crippen molar-refractivity contribution in [2.75, 3.05) is 5.75 Å². The summed E-state index contributed by atoms with van der Waals surface area (Å²) in [5.41, 5.74) is 0.447. The molecule has 8 heteroatoms. The van der Waals surface area contributed by atoms with E-state index in [2.05, 4.69) is 15.5 Å². The Morgan fingerprint density at radius 2 is 2.35 bits per heavy atom. The predicted molar refractivity (Wildman–Crippen MR) is 57.5 cm³/mol. The molecule has 6 nitrogen and oxygen atoms in total. The molecule has 2 aromatic rings. The van der Waals surface area contributed by atoms with Gasteiger partial charge in [-0.15, -0.1) is 5.10 Å². The zero-order valence-corrected chi connectivity index (χ0v) is 9.26. The van der Waals surface area contributed by atoms with Gasteiger partial charge in [-0.3, -0.25) is 4.79 Å². The number of nitrogens with zero attached hydrogens (tertiary/aromatic N) is 4. The highest BCUT2D eigenvalue weighted by Gasteiger charge is 2.11. The van der Waals surface area contributed by atoms with E-state index < -0.39 is 11.8 Å². The maximum Gasteiger partial charge on any atom is 0.313 e. The fraction of sp³-hybridized carbons (Fsp3) is 0.111. The molecular weight excluding hydrogens is 247 g/mol. The lowest BCUT2D eigenvalue weighted by atomic mass is 10.3. The first kappa shape index (κ1) is 11.5. The predicted octanol–water partition coefficient (Wildman–Crippen LogP) is 0.978. The standard InChI is InChI=1S/C9H7FN4O2S/c10-6-2-1-3-7(4-6)14-9(11-12-13-14)17-5-8(15)16/h1-4H,5H2,(H,15,16). The number of hydrogen-bond acceptors (Lipinski definition) is 5. The lowest BCUT2D eigenvalue weighted by Crippen LogP contribution is -2.03. The molecule has 88 valence electrons. The van der Waals surface area contributed by atoms with E-state index in [1.54, 1.807) is 6.07 Å². The second-order valence-electron chi connectivity index (χ2n) is 3.04. The first-order valence-electron chi connectivity index (χ1n) is 4.56. The molecule has 1 N–H and O–H groups in total. The number of carboxylic acid groups (broad SMARTS) is 1. The smallest absolute Gasteiger partial charge is 0.313 e. The van der Waals surface area contributed by atoms with Crippen molar-refractivity contribution in [1.29, 1.82) is 0 Å². The number of aromatic nitrogens is 4. The van der Waals surface area contributed by atoms with Crippen molar-refractivity contribution in [2.45, 2.75) is 5.16 Å². The van der Waals surface area contributed by atoms with Crippen LogP contribution in [0.1, 0.15) is 0 Å². The molecule has 0 radical (unpaired) electrons. The molecule has 0 unspecified atom stereocenters. The van der Waals surface area contributed by atoms with Gasteiger partial charge in [-0.1, -0.05) is 17.8 Å². The first-order valence-corrected chi connectivity index (χ1v) is 5.54. The van der Waals surface area contributed by atoms with Crippen LogP contribution in [0, 0.1) is 5.82 Å². The van der Waals surface area contributed by atoms with Crippen molar-refractivity contribution in [2.24, 2.45) is 0 Å². The molecule has 0 aliphatic rings. The maximum atomic E-state index is 13.0. The van der Waals surface area contributed by atoms with Crippen LogP contribution < -0.4 is 0 Å². The Morgan fingerprint density at radius 1 is 1.53 bits per heavy atom. The molecular formula is C9H7FN4O2S. The first-order chi connectivity index (χ1) is 8.16. The quantitative estimate of drug-likeness (QED) is 0.819. The normalized spacial score (nSPS) is 10.4. The fourth-order valence-corrected chi connectivity index (χ4v) is 1.78. The average molecular weight is 254 g/mol. The molecule has 0 fully saturated rings. The summed E-state index contributed by atoms with van der Waals surface area (Å²) in [7, 11) is 0. The Labute approximate surface area is 99.4 Å². The number of carboxylic acids is 1. The van der Waals surface area contributed by atoms with Gasteiger partial charge in [-0.05, 0) is 28.6 Å². The van der Waals surface area contributed by atoms with E-state index in [9.17, 15) is 9.18 Å². The molecule has 0 bridgehead atoms. The van der Waals surface area contributed by atoms with Gasteiger partial charge in [0.05, 0.1) is 11.4 Å². The van der Waals surface area contributed by atoms with Crippen LogP contribution in [0.5, 0.6) is 0 Å². The number of rotatable bonds is 4. The van der Waals surface area contributed by atoms with E-state index in [0.29, 0.717) is 10.8 Å². The summed E-state index contributed by atoms with van der Waals surface area (Å²) in [6.45, 7) is 0. The van der Waals surface area contributed by atoms with Crippen molar-refractivity contribution < 1.29 is 14.3 Å². The largest absolute Gasteiger partial charge is 0.481 e. The molecule has 0 saturated heterocycles. The molecule has 2 rings (SSSR count). The van der Waals surface area contributed by atoms with Crippen LogP contribution in [0.3, 0.4) is 0 Å². The number of hydrogen-bond donors (Lipinski definition) is 1. The molecule has 17 heavy (non-hydrogen) atoms. The van der Waals surface area contributed by atoms with Crippen LogP contribution in [0.4, 0.5) is 4.39 Å². The zero-order valence-electron chi connectivity index (χ0n) is 8.45. The topological polar surface area (TPSA) is 80.9 Å².